The zero-order chi connectivity index (χ0) is 12.3. The first-order chi connectivity index (χ1) is 8.22. The van der Waals surface area contributed by atoms with Gasteiger partial charge in [-0.05, 0) is 31.0 Å². The summed E-state index contributed by atoms with van der Waals surface area (Å²) >= 11 is 0. The number of ether oxygens (including phenoxy) is 1. The van der Waals surface area contributed by atoms with Gasteiger partial charge in [-0.3, -0.25) is 9.63 Å². The molecule has 1 saturated heterocycles. The first-order valence-electron chi connectivity index (χ1n) is 5.60. The number of nitrogens with two attached hydrogens (primary N) is 1. The molecular weight excluding hydrogens is 220 g/mol. The zero-order valence-corrected chi connectivity index (χ0v) is 9.81. The fraction of sp³-hybridized carbons (Fsp3) is 0.417. The van der Waals surface area contributed by atoms with E-state index in [4.69, 9.17) is 15.3 Å². The van der Waals surface area contributed by atoms with E-state index in [0.29, 0.717) is 30.2 Å². The molecule has 0 radical (unpaired) electrons. The van der Waals surface area contributed by atoms with Crippen molar-refractivity contribution in [3.8, 4) is 5.75 Å². The Balaban J connectivity index is 2.16. The Hall–Kier alpha value is -1.75. The predicted octanol–water partition coefficient (Wildman–Crippen LogP) is 1.44. The van der Waals surface area contributed by atoms with Crippen LogP contribution in [0, 0.1) is 0 Å². The molecule has 1 aliphatic rings. The lowest BCUT2D eigenvalue weighted by atomic mass is 10.1. The van der Waals surface area contributed by atoms with Crippen molar-refractivity contribution in [1.29, 1.82) is 0 Å². The summed E-state index contributed by atoms with van der Waals surface area (Å²) in [6.45, 7) is 1.22. The van der Waals surface area contributed by atoms with E-state index in [2.05, 4.69) is 0 Å². The second-order valence-electron chi connectivity index (χ2n) is 3.90. The Morgan fingerprint density at radius 2 is 2.29 bits per heavy atom. The number of benzene rings is 1. The summed E-state index contributed by atoms with van der Waals surface area (Å²) in [5.41, 5.74) is 6.74. The number of nitrogens with zero attached hydrogens (tertiary/aromatic N) is 1. The Morgan fingerprint density at radius 3 is 2.88 bits per heavy atom. The molecule has 0 bridgehead atoms. The fourth-order valence-electron chi connectivity index (χ4n) is 1.77. The van der Waals surface area contributed by atoms with Crippen LogP contribution in [-0.4, -0.2) is 31.2 Å². The first kappa shape index (κ1) is 11.7. The molecule has 0 aliphatic carbocycles. The lowest BCUT2D eigenvalue weighted by Gasteiger charge is -2.26. The molecule has 0 aromatic heterocycles. The molecular formula is C12H16N2O3. The van der Waals surface area contributed by atoms with Crippen molar-refractivity contribution in [2.75, 3.05) is 26.0 Å². The van der Waals surface area contributed by atoms with E-state index in [9.17, 15) is 4.79 Å². The van der Waals surface area contributed by atoms with Gasteiger partial charge in [0.15, 0.2) is 0 Å². The number of rotatable bonds is 2. The third-order valence-corrected chi connectivity index (χ3v) is 2.71. The van der Waals surface area contributed by atoms with Gasteiger partial charge in [0.2, 0.25) is 0 Å². The van der Waals surface area contributed by atoms with Crippen molar-refractivity contribution in [1.82, 2.24) is 5.06 Å². The summed E-state index contributed by atoms with van der Waals surface area (Å²) in [5.74, 6) is 0.417. The number of carbonyl (C=O) groups is 1. The Kier molecular flexibility index (Phi) is 3.49. The second kappa shape index (κ2) is 5.05. The van der Waals surface area contributed by atoms with Gasteiger partial charge in [-0.15, -0.1) is 0 Å². The molecule has 0 atom stereocenters. The third-order valence-electron chi connectivity index (χ3n) is 2.71. The molecule has 2 N–H and O–H groups in total. The van der Waals surface area contributed by atoms with Crippen molar-refractivity contribution in [2.45, 2.75) is 12.8 Å². The van der Waals surface area contributed by atoms with Gasteiger partial charge in [0, 0.05) is 12.1 Å². The van der Waals surface area contributed by atoms with Crippen molar-refractivity contribution >= 4 is 11.6 Å². The second-order valence-corrected chi connectivity index (χ2v) is 3.90. The highest BCUT2D eigenvalue weighted by Gasteiger charge is 2.20. The molecule has 5 heteroatoms. The highest BCUT2D eigenvalue weighted by Crippen LogP contribution is 2.23. The van der Waals surface area contributed by atoms with Gasteiger partial charge in [-0.25, -0.2) is 5.06 Å². The van der Waals surface area contributed by atoms with Crippen LogP contribution >= 0.6 is 0 Å². The van der Waals surface area contributed by atoms with Gasteiger partial charge in [0.25, 0.3) is 5.91 Å². The first-order valence-corrected chi connectivity index (χ1v) is 5.60. The smallest absolute Gasteiger partial charge is 0.277 e. The number of carbonyl (C=O) groups excluding carboxylic acids is 1. The molecule has 1 heterocycles. The maximum absolute atomic E-state index is 12.1. The molecule has 1 aromatic carbocycles. The molecule has 92 valence electrons. The van der Waals surface area contributed by atoms with E-state index in [1.807, 2.05) is 0 Å². The molecule has 1 amide bonds. The highest BCUT2D eigenvalue weighted by atomic mass is 16.7. The number of anilines is 1. The van der Waals surface area contributed by atoms with Crippen LogP contribution in [0.5, 0.6) is 5.75 Å². The van der Waals surface area contributed by atoms with Gasteiger partial charge >= 0.3 is 0 Å². The Labute approximate surface area is 100 Å². The van der Waals surface area contributed by atoms with Gasteiger partial charge < -0.3 is 10.5 Å². The summed E-state index contributed by atoms with van der Waals surface area (Å²) < 4.78 is 5.04. The molecule has 0 spiro atoms. The maximum Gasteiger partial charge on any atom is 0.277 e. The summed E-state index contributed by atoms with van der Waals surface area (Å²) in [6.07, 6.45) is 1.96. The van der Waals surface area contributed by atoms with Crippen LogP contribution in [0.2, 0.25) is 0 Å². The van der Waals surface area contributed by atoms with Gasteiger partial charge in [-0.2, -0.15) is 0 Å². The van der Waals surface area contributed by atoms with Crippen molar-refractivity contribution in [2.24, 2.45) is 0 Å². The molecule has 0 unspecified atom stereocenters. The molecule has 1 aliphatic heterocycles. The number of hydrogen-bond donors (Lipinski definition) is 1. The topological polar surface area (TPSA) is 64.8 Å². The van der Waals surface area contributed by atoms with E-state index >= 15 is 0 Å². The fourth-order valence-corrected chi connectivity index (χ4v) is 1.77. The van der Waals surface area contributed by atoms with E-state index in [-0.39, 0.29) is 5.91 Å². The third kappa shape index (κ3) is 2.50. The number of hydroxylamine groups is 2. The highest BCUT2D eigenvalue weighted by molar-refractivity contribution is 5.94. The summed E-state index contributed by atoms with van der Waals surface area (Å²) in [7, 11) is 1.54. The van der Waals surface area contributed by atoms with Crippen molar-refractivity contribution < 1.29 is 14.4 Å². The molecule has 1 aromatic rings. The van der Waals surface area contributed by atoms with Crippen LogP contribution < -0.4 is 10.5 Å². The number of hydrogen-bond acceptors (Lipinski definition) is 4. The summed E-state index contributed by atoms with van der Waals surface area (Å²) in [5, 5.41) is 1.39. The minimum absolute atomic E-state index is 0.154. The largest absolute Gasteiger partial charge is 0.495 e. The van der Waals surface area contributed by atoms with Crippen molar-refractivity contribution in [3.63, 3.8) is 0 Å². The lowest BCUT2D eigenvalue weighted by molar-refractivity contribution is -0.144. The van der Waals surface area contributed by atoms with Gasteiger partial charge in [0.1, 0.15) is 5.75 Å². The molecule has 2 rings (SSSR count). The van der Waals surface area contributed by atoms with Crippen molar-refractivity contribution in [3.05, 3.63) is 23.8 Å². The number of nitrogen functional groups attached to an aromatic ring is 1. The minimum Gasteiger partial charge on any atom is -0.495 e. The monoisotopic (exact) mass is 236 g/mol. The average Bonchev–Trinajstić information content (AvgIpc) is 2.39. The Bertz CT molecular complexity index is 414. The minimum atomic E-state index is -0.154. The molecule has 0 saturated carbocycles. The van der Waals surface area contributed by atoms with Gasteiger partial charge in [0.05, 0.1) is 19.4 Å². The zero-order valence-electron chi connectivity index (χ0n) is 9.81. The van der Waals surface area contributed by atoms with Gasteiger partial charge in [-0.1, -0.05) is 0 Å². The van der Waals surface area contributed by atoms with Crippen LogP contribution in [0.1, 0.15) is 23.2 Å². The van der Waals surface area contributed by atoms with Crippen LogP contribution in [0.25, 0.3) is 0 Å². The molecule has 5 nitrogen and oxygen atoms in total. The SMILES string of the molecule is COc1ccc(C(=O)N2CCCCO2)cc1N. The van der Waals surface area contributed by atoms with Crippen LogP contribution in [0.4, 0.5) is 5.69 Å². The molecule has 1 fully saturated rings. The lowest BCUT2D eigenvalue weighted by Crippen LogP contribution is -2.35. The van der Waals surface area contributed by atoms with Crippen LogP contribution in [0.15, 0.2) is 18.2 Å². The Morgan fingerprint density at radius 1 is 1.47 bits per heavy atom. The van der Waals surface area contributed by atoms with Crippen LogP contribution in [0.3, 0.4) is 0 Å². The average molecular weight is 236 g/mol. The quantitative estimate of drug-likeness (QED) is 0.789. The number of methoxy groups -OCH3 is 1. The maximum atomic E-state index is 12.1. The normalized spacial score (nSPS) is 15.7. The standard InChI is InChI=1S/C12H16N2O3/c1-16-11-5-4-9(8-10(11)13)12(15)14-6-2-3-7-17-14/h4-5,8H,2-3,6-7,13H2,1H3. The number of amides is 1. The van der Waals surface area contributed by atoms with E-state index < -0.39 is 0 Å². The van der Waals surface area contributed by atoms with E-state index in [1.165, 1.54) is 5.06 Å². The summed E-state index contributed by atoms with van der Waals surface area (Å²) in [6, 6.07) is 4.99. The predicted molar refractivity (Wildman–Crippen MR) is 63.6 cm³/mol. The molecule has 17 heavy (non-hydrogen) atoms. The van der Waals surface area contributed by atoms with Crippen LogP contribution in [-0.2, 0) is 4.84 Å². The van der Waals surface area contributed by atoms with E-state index in [1.54, 1.807) is 25.3 Å². The van der Waals surface area contributed by atoms with E-state index in [0.717, 1.165) is 12.8 Å². The summed E-state index contributed by atoms with van der Waals surface area (Å²) in [4.78, 5) is 17.4.